The highest BCUT2D eigenvalue weighted by molar-refractivity contribution is 5.77. The molecule has 4 atom stereocenters. The van der Waals surface area contributed by atoms with Crippen LogP contribution in [0.3, 0.4) is 0 Å². The maximum absolute atomic E-state index is 12.3. The third-order valence-corrected chi connectivity index (χ3v) is 5.52. The number of fused-ring (bicyclic) bond motifs is 1. The van der Waals surface area contributed by atoms with Crippen molar-refractivity contribution in [3.05, 3.63) is 0 Å². The monoisotopic (exact) mass is 279 g/mol. The predicted octanol–water partition coefficient (Wildman–Crippen LogP) is 1.51. The molecular formula is C16H29N3O. The Hall–Kier alpha value is -0.610. The molecule has 4 unspecified atom stereocenters. The Kier molecular flexibility index (Phi) is 4.61. The number of nitrogens with zero attached hydrogens (tertiary/aromatic N) is 1. The molecule has 0 radical (unpaired) electrons. The van der Waals surface area contributed by atoms with Crippen LogP contribution in [0, 0.1) is 5.92 Å². The lowest BCUT2D eigenvalue weighted by molar-refractivity contribution is -0.123. The maximum Gasteiger partial charge on any atom is 0.221 e. The van der Waals surface area contributed by atoms with Crippen LogP contribution in [0.4, 0.5) is 0 Å². The van der Waals surface area contributed by atoms with Crippen molar-refractivity contribution in [2.45, 2.75) is 70.0 Å². The molecule has 0 saturated carbocycles. The summed E-state index contributed by atoms with van der Waals surface area (Å²) < 4.78 is 0. The highest BCUT2D eigenvalue weighted by Gasteiger charge is 2.32. The summed E-state index contributed by atoms with van der Waals surface area (Å²) in [5, 5.41) is 6.80. The summed E-state index contributed by atoms with van der Waals surface area (Å²) in [4.78, 5) is 14.9. The van der Waals surface area contributed by atoms with Gasteiger partial charge in [0, 0.05) is 31.1 Å². The van der Waals surface area contributed by atoms with E-state index in [0.29, 0.717) is 24.4 Å². The predicted molar refractivity (Wildman–Crippen MR) is 80.6 cm³/mol. The Morgan fingerprint density at radius 2 is 2.15 bits per heavy atom. The van der Waals surface area contributed by atoms with Gasteiger partial charge in [0.15, 0.2) is 0 Å². The molecule has 0 aromatic rings. The fourth-order valence-corrected chi connectivity index (χ4v) is 4.23. The van der Waals surface area contributed by atoms with E-state index < -0.39 is 0 Å². The van der Waals surface area contributed by atoms with Gasteiger partial charge in [0.1, 0.15) is 0 Å². The van der Waals surface area contributed by atoms with Gasteiger partial charge in [-0.1, -0.05) is 6.92 Å². The van der Waals surface area contributed by atoms with E-state index in [1.807, 2.05) is 0 Å². The van der Waals surface area contributed by atoms with Gasteiger partial charge in [-0.2, -0.15) is 0 Å². The van der Waals surface area contributed by atoms with Crippen LogP contribution >= 0.6 is 0 Å². The quantitative estimate of drug-likeness (QED) is 0.823. The van der Waals surface area contributed by atoms with E-state index in [1.54, 1.807) is 0 Å². The first-order chi connectivity index (χ1) is 9.72. The second-order valence-corrected chi connectivity index (χ2v) is 7.01. The Balaban J connectivity index is 1.44. The summed E-state index contributed by atoms with van der Waals surface area (Å²) in [6, 6.07) is 1.54. The molecule has 20 heavy (non-hydrogen) atoms. The molecule has 3 rings (SSSR count). The van der Waals surface area contributed by atoms with Crippen molar-refractivity contribution in [2.24, 2.45) is 5.92 Å². The molecule has 0 aromatic heterocycles. The van der Waals surface area contributed by atoms with Crippen molar-refractivity contribution >= 4 is 5.91 Å². The average molecular weight is 279 g/mol. The molecule has 4 heteroatoms. The molecule has 0 aromatic carbocycles. The van der Waals surface area contributed by atoms with Crippen LogP contribution in [0.25, 0.3) is 0 Å². The minimum atomic E-state index is 0.257. The van der Waals surface area contributed by atoms with Crippen LogP contribution in [0.2, 0.25) is 0 Å². The lowest BCUT2D eigenvalue weighted by atomic mass is 9.90. The smallest absolute Gasteiger partial charge is 0.221 e. The van der Waals surface area contributed by atoms with Gasteiger partial charge in [0.05, 0.1) is 0 Å². The minimum Gasteiger partial charge on any atom is -0.353 e. The summed E-state index contributed by atoms with van der Waals surface area (Å²) in [5.41, 5.74) is 0. The third-order valence-electron chi connectivity index (χ3n) is 5.52. The SMILES string of the molecule is CC1CCCNC1CC(=O)NC1CCN2CCCC2C1. The van der Waals surface area contributed by atoms with Crippen molar-refractivity contribution < 1.29 is 4.79 Å². The molecule has 3 aliphatic heterocycles. The average Bonchev–Trinajstić information content (AvgIpc) is 2.89. The molecule has 3 saturated heterocycles. The summed E-state index contributed by atoms with van der Waals surface area (Å²) in [7, 11) is 0. The van der Waals surface area contributed by atoms with E-state index >= 15 is 0 Å². The molecule has 3 heterocycles. The number of rotatable bonds is 3. The maximum atomic E-state index is 12.3. The summed E-state index contributed by atoms with van der Waals surface area (Å²) in [6.07, 6.45) is 8.13. The summed E-state index contributed by atoms with van der Waals surface area (Å²) in [6.45, 7) is 5.78. The van der Waals surface area contributed by atoms with Crippen molar-refractivity contribution in [1.29, 1.82) is 0 Å². The van der Waals surface area contributed by atoms with E-state index in [4.69, 9.17) is 0 Å². The highest BCUT2D eigenvalue weighted by atomic mass is 16.1. The molecule has 1 amide bonds. The molecule has 3 aliphatic rings. The topological polar surface area (TPSA) is 44.4 Å². The lowest BCUT2D eigenvalue weighted by Gasteiger charge is -2.36. The standard InChI is InChI=1S/C16H29N3O/c1-12-4-2-7-17-15(12)11-16(20)18-13-6-9-19-8-3-5-14(19)10-13/h12-15,17H,2-11H2,1H3,(H,18,20). The van der Waals surface area contributed by atoms with Crippen LogP contribution < -0.4 is 10.6 Å². The van der Waals surface area contributed by atoms with Crippen molar-refractivity contribution in [1.82, 2.24) is 15.5 Å². The fraction of sp³-hybridized carbons (Fsp3) is 0.938. The Morgan fingerprint density at radius 3 is 3.00 bits per heavy atom. The van der Waals surface area contributed by atoms with Gasteiger partial charge in [-0.15, -0.1) is 0 Å². The molecule has 114 valence electrons. The zero-order valence-electron chi connectivity index (χ0n) is 12.7. The van der Waals surface area contributed by atoms with Crippen LogP contribution in [-0.4, -0.2) is 48.6 Å². The van der Waals surface area contributed by atoms with Crippen molar-refractivity contribution in [3.8, 4) is 0 Å². The molecule has 3 fully saturated rings. The van der Waals surface area contributed by atoms with E-state index in [0.717, 1.165) is 19.0 Å². The first-order valence-corrected chi connectivity index (χ1v) is 8.49. The van der Waals surface area contributed by atoms with Crippen molar-refractivity contribution in [3.63, 3.8) is 0 Å². The van der Waals surface area contributed by atoms with E-state index in [-0.39, 0.29) is 5.91 Å². The number of hydrogen-bond donors (Lipinski definition) is 2. The first-order valence-electron chi connectivity index (χ1n) is 8.49. The molecule has 2 N–H and O–H groups in total. The minimum absolute atomic E-state index is 0.257. The highest BCUT2D eigenvalue weighted by Crippen LogP contribution is 2.27. The molecule has 0 aliphatic carbocycles. The van der Waals surface area contributed by atoms with Crippen molar-refractivity contribution in [2.75, 3.05) is 19.6 Å². The lowest BCUT2D eigenvalue weighted by Crippen LogP contribution is -2.49. The zero-order chi connectivity index (χ0) is 13.9. The van der Waals surface area contributed by atoms with Gasteiger partial charge in [-0.25, -0.2) is 0 Å². The molecule has 0 bridgehead atoms. The van der Waals surface area contributed by atoms with Gasteiger partial charge in [0.25, 0.3) is 0 Å². The Labute approximate surface area is 122 Å². The van der Waals surface area contributed by atoms with Crippen LogP contribution in [0.5, 0.6) is 0 Å². The summed E-state index contributed by atoms with van der Waals surface area (Å²) in [5.74, 6) is 0.888. The largest absolute Gasteiger partial charge is 0.353 e. The number of nitrogens with one attached hydrogen (secondary N) is 2. The second-order valence-electron chi connectivity index (χ2n) is 7.01. The van der Waals surface area contributed by atoms with E-state index in [1.165, 1.54) is 45.2 Å². The zero-order valence-corrected chi connectivity index (χ0v) is 12.7. The van der Waals surface area contributed by atoms with E-state index in [2.05, 4.69) is 22.5 Å². The fourth-order valence-electron chi connectivity index (χ4n) is 4.23. The molecule has 0 spiro atoms. The van der Waals surface area contributed by atoms with Gasteiger partial charge in [-0.3, -0.25) is 4.79 Å². The van der Waals surface area contributed by atoms with Crippen LogP contribution in [0.15, 0.2) is 0 Å². The third kappa shape index (κ3) is 3.34. The molecular weight excluding hydrogens is 250 g/mol. The Morgan fingerprint density at radius 1 is 1.25 bits per heavy atom. The number of amides is 1. The first kappa shape index (κ1) is 14.3. The van der Waals surface area contributed by atoms with Gasteiger partial charge < -0.3 is 15.5 Å². The molecule has 4 nitrogen and oxygen atoms in total. The normalized spacial score (nSPS) is 38.5. The van der Waals surface area contributed by atoms with Gasteiger partial charge in [-0.05, 0) is 57.5 Å². The van der Waals surface area contributed by atoms with Gasteiger partial charge in [0.2, 0.25) is 5.91 Å². The number of hydrogen-bond acceptors (Lipinski definition) is 3. The number of carbonyl (C=O) groups excluding carboxylic acids is 1. The summed E-state index contributed by atoms with van der Waals surface area (Å²) >= 11 is 0. The Bertz CT molecular complexity index is 347. The van der Waals surface area contributed by atoms with Crippen LogP contribution in [0.1, 0.15) is 51.9 Å². The van der Waals surface area contributed by atoms with Crippen LogP contribution in [-0.2, 0) is 4.79 Å². The second kappa shape index (κ2) is 6.44. The number of carbonyl (C=O) groups is 1. The van der Waals surface area contributed by atoms with E-state index in [9.17, 15) is 4.79 Å². The number of piperidine rings is 2. The van der Waals surface area contributed by atoms with Gasteiger partial charge >= 0.3 is 0 Å².